The van der Waals surface area contributed by atoms with Crippen LogP contribution in [0.15, 0.2) is 47.3 Å². The van der Waals surface area contributed by atoms with Crippen molar-refractivity contribution >= 4 is 56.8 Å². The van der Waals surface area contributed by atoms with Crippen LogP contribution in [0.25, 0.3) is 22.0 Å². The molecular weight excluding hydrogens is 441 g/mol. The molecule has 2 aromatic heterocycles. The second-order valence-corrected chi connectivity index (χ2v) is 7.93. The number of nitriles is 1. The van der Waals surface area contributed by atoms with Crippen molar-refractivity contribution in [3.63, 3.8) is 0 Å². The normalized spacial score (nSPS) is 10.6. The van der Waals surface area contributed by atoms with Gasteiger partial charge >= 0.3 is 0 Å². The predicted molar refractivity (Wildman–Crippen MR) is 123 cm³/mol. The fraction of sp³-hybridized carbons (Fsp3) is 0.0909. The molecule has 5 nitrogen and oxygen atoms in total. The first-order chi connectivity index (χ1) is 14.5. The Hall–Kier alpha value is -2.98. The monoisotopic (exact) mass is 455 g/mol. The Morgan fingerprint density at radius 3 is 2.53 bits per heavy atom. The number of methoxy groups -OCH3 is 2. The topological polar surface area (TPSA) is 67.2 Å². The van der Waals surface area contributed by atoms with Crippen molar-refractivity contribution in [2.75, 3.05) is 19.5 Å². The number of pyridine rings is 1. The summed E-state index contributed by atoms with van der Waals surface area (Å²) in [6.07, 6.45) is 1.54. The quantitative estimate of drug-likeness (QED) is 0.354. The lowest BCUT2D eigenvalue weighted by atomic mass is 10.0. The van der Waals surface area contributed by atoms with Gasteiger partial charge in [0.15, 0.2) is 0 Å². The summed E-state index contributed by atoms with van der Waals surface area (Å²) < 4.78 is 10.9. The molecule has 0 spiro atoms. The Balaban J connectivity index is 1.92. The third kappa shape index (κ3) is 3.63. The maximum atomic E-state index is 9.66. The molecule has 8 heteroatoms. The summed E-state index contributed by atoms with van der Waals surface area (Å²) in [7, 11) is 3.14. The van der Waals surface area contributed by atoms with E-state index in [0.29, 0.717) is 38.5 Å². The molecule has 0 radical (unpaired) electrons. The summed E-state index contributed by atoms with van der Waals surface area (Å²) in [5, 5.41) is 18.5. The van der Waals surface area contributed by atoms with Gasteiger partial charge in [-0.05, 0) is 40.6 Å². The lowest BCUT2D eigenvalue weighted by molar-refractivity contribution is 0.415. The standard InChI is InChI=1S/C22H15Cl2N3O2S/c1-28-20-6-15-18(5-14(20)12-3-4-30-11-12)26-10-13(9-25)22(15)27-19-8-21(29-2)17(24)7-16(19)23/h3-8,10-11H,1-2H3,(H,26,27). The molecule has 0 aliphatic carbocycles. The van der Waals surface area contributed by atoms with E-state index in [0.717, 1.165) is 22.0 Å². The van der Waals surface area contributed by atoms with Gasteiger partial charge in [0.2, 0.25) is 0 Å². The van der Waals surface area contributed by atoms with Crippen LogP contribution < -0.4 is 14.8 Å². The first-order valence-corrected chi connectivity index (χ1v) is 10.5. The molecule has 30 heavy (non-hydrogen) atoms. The van der Waals surface area contributed by atoms with Crippen molar-refractivity contribution in [3.8, 4) is 28.7 Å². The SMILES string of the molecule is COc1cc(Nc2c(C#N)cnc3cc(-c4ccsc4)c(OC)cc23)c(Cl)cc1Cl. The van der Waals surface area contributed by atoms with Crippen LogP contribution in [0.5, 0.6) is 11.5 Å². The Bertz CT molecular complexity index is 1280. The molecule has 2 heterocycles. The zero-order valence-electron chi connectivity index (χ0n) is 16.0. The molecule has 0 saturated heterocycles. The molecule has 4 aromatic rings. The first-order valence-electron chi connectivity index (χ1n) is 8.79. The number of thiophene rings is 1. The number of rotatable bonds is 5. The van der Waals surface area contributed by atoms with Crippen molar-refractivity contribution in [2.45, 2.75) is 0 Å². The number of hydrogen-bond donors (Lipinski definition) is 1. The number of nitrogens with one attached hydrogen (secondary N) is 1. The van der Waals surface area contributed by atoms with E-state index in [2.05, 4.69) is 16.4 Å². The molecular formula is C22H15Cl2N3O2S. The van der Waals surface area contributed by atoms with E-state index in [4.69, 9.17) is 32.7 Å². The van der Waals surface area contributed by atoms with Gasteiger partial charge in [0, 0.05) is 23.2 Å². The highest BCUT2D eigenvalue weighted by atomic mass is 35.5. The Kier molecular flexibility index (Phi) is 5.69. The van der Waals surface area contributed by atoms with E-state index in [1.165, 1.54) is 13.3 Å². The molecule has 0 unspecified atom stereocenters. The van der Waals surface area contributed by atoms with E-state index in [-0.39, 0.29) is 0 Å². The number of nitrogens with zero attached hydrogens (tertiary/aromatic N) is 2. The molecule has 2 aromatic carbocycles. The summed E-state index contributed by atoms with van der Waals surface area (Å²) in [5.74, 6) is 1.15. The Labute approximate surface area is 187 Å². The second kappa shape index (κ2) is 8.41. The second-order valence-electron chi connectivity index (χ2n) is 6.33. The van der Waals surface area contributed by atoms with Crippen molar-refractivity contribution in [2.24, 2.45) is 0 Å². The third-order valence-corrected chi connectivity index (χ3v) is 5.93. The van der Waals surface area contributed by atoms with Crippen LogP contribution in [0.1, 0.15) is 5.56 Å². The Morgan fingerprint density at radius 2 is 1.87 bits per heavy atom. The van der Waals surface area contributed by atoms with Gasteiger partial charge in [-0.25, -0.2) is 0 Å². The molecule has 0 atom stereocenters. The highest BCUT2D eigenvalue weighted by molar-refractivity contribution is 7.08. The first kappa shape index (κ1) is 20.3. The fourth-order valence-corrected chi connectivity index (χ4v) is 4.33. The van der Waals surface area contributed by atoms with Crippen LogP contribution >= 0.6 is 34.5 Å². The lowest BCUT2D eigenvalue weighted by Gasteiger charge is -2.16. The average molecular weight is 456 g/mol. The van der Waals surface area contributed by atoms with Crippen LogP contribution in [-0.4, -0.2) is 19.2 Å². The largest absolute Gasteiger partial charge is 0.496 e. The van der Waals surface area contributed by atoms with Crippen molar-refractivity contribution in [1.29, 1.82) is 5.26 Å². The molecule has 1 N–H and O–H groups in total. The minimum atomic E-state index is 0.373. The molecule has 150 valence electrons. The van der Waals surface area contributed by atoms with E-state index in [1.54, 1.807) is 30.6 Å². The van der Waals surface area contributed by atoms with Gasteiger partial charge in [0.1, 0.15) is 17.6 Å². The summed E-state index contributed by atoms with van der Waals surface area (Å²) in [6, 6.07) is 11.3. The number of aromatic nitrogens is 1. The maximum absolute atomic E-state index is 9.66. The van der Waals surface area contributed by atoms with Gasteiger partial charge in [-0.3, -0.25) is 4.98 Å². The number of hydrogen-bond acceptors (Lipinski definition) is 6. The van der Waals surface area contributed by atoms with Crippen molar-refractivity contribution < 1.29 is 9.47 Å². The molecule has 4 rings (SSSR count). The predicted octanol–water partition coefficient (Wildman–Crippen LogP) is 6.90. The Morgan fingerprint density at radius 1 is 1.07 bits per heavy atom. The van der Waals surface area contributed by atoms with Crippen LogP contribution in [0.3, 0.4) is 0 Å². The zero-order chi connectivity index (χ0) is 21.3. The van der Waals surface area contributed by atoms with Gasteiger partial charge in [0.25, 0.3) is 0 Å². The van der Waals surface area contributed by atoms with Gasteiger partial charge in [-0.15, -0.1) is 0 Å². The molecule has 0 amide bonds. The fourth-order valence-electron chi connectivity index (χ4n) is 3.17. The number of halogens is 2. The smallest absolute Gasteiger partial charge is 0.139 e. The van der Waals surface area contributed by atoms with E-state index in [9.17, 15) is 5.26 Å². The summed E-state index contributed by atoms with van der Waals surface area (Å²) >= 11 is 14.1. The summed E-state index contributed by atoms with van der Waals surface area (Å²) in [5.41, 5.74) is 4.20. The molecule has 0 bridgehead atoms. The molecule has 0 aliphatic heterocycles. The van der Waals surface area contributed by atoms with Crippen LogP contribution in [0.2, 0.25) is 10.0 Å². The third-order valence-electron chi connectivity index (χ3n) is 4.64. The minimum absolute atomic E-state index is 0.373. The van der Waals surface area contributed by atoms with Crippen LogP contribution in [0.4, 0.5) is 11.4 Å². The van der Waals surface area contributed by atoms with Gasteiger partial charge < -0.3 is 14.8 Å². The van der Waals surface area contributed by atoms with E-state index in [1.807, 2.05) is 29.0 Å². The van der Waals surface area contributed by atoms with Gasteiger partial charge in [-0.2, -0.15) is 16.6 Å². The molecule has 0 aliphatic rings. The van der Waals surface area contributed by atoms with Crippen molar-refractivity contribution in [1.82, 2.24) is 4.98 Å². The average Bonchev–Trinajstić information content (AvgIpc) is 3.29. The molecule has 0 fully saturated rings. The van der Waals surface area contributed by atoms with Gasteiger partial charge in [-0.1, -0.05) is 23.2 Å². The van der Waals surface area contributed by atoms with Crippen LogP contribution in [0, 0.1) is 11.3 Å². The van der Waals surface area contributed by atoms with E-state index < -0.39 is 0 Å². The molecule has 0 saturated carbocycles. The van der Waals surface area contributed by atoms with Gasteiger partial charge in [0.05, 0.1) is 46.7 Å². The van der Waals surface area contributed by atoms with E-state index >= 15 is 0 Å². The number of fused-ring (bicyclic) bond motifs is 1. The number of benzene rings is 2. The maximum Gasteiger partial charge on any atom is 0.139 e. The lowest BCUT2D eigenvalue weighted by Crippen LogP contribution is -1.99. The minimum Gasteiger partial charge on any atom is -0.496 e. The van der Waals surface area contributed by atoms with Crippen LogP contribution in [-0.2, 0) is 0 Å². The van der Waals surface area contributed by atoms with Crippen molar-refractivity contribution in [3.05, 3.63) is 62.9 Å². The highest BCUT2D eigenvalue weighted by Gasteiger charge is 2.17. The number of anilines is 2. The number of ether oxygens (including phenoxy) is 2. The summed E-state index contributed by atoms with van der Waals surface area (Å²) in [4.78, 5) is 4.48. The zero-order valence-corrected chi connectivity index (χ0v) is 18.3. The highest BCUT2D eigenvalue weighted by Crippen LogP contribution is 2.41. The summed E-state index contributed by atoms with van der Waals surface area (Å²) in [6.45, 7) is 0.